The van der Waals surface area contributed by atoms with Gasteiger partial charge in [0.25, 0.3) is 0 Å². The molecule has 0 aromatic carbocycles. The third-order valence-corrected chi connectivity index (χ3v) is 2.78. The van der Waals surface area contributed by atoms with Gasteiger partial charge in [0.1, 0.15) is 6.10 Å². The van der Waals surface area contributed by atoms with Gasteiger partial charge in [0.05, 0.1) is 18.3 Å². The number of aliphatic hydroxyl groups excluding tert-OH is 1. The van der Waals surface area contributed by atoms with Crippen molar-refractivity contribution in [3.05, 3.63) is 0 Å². The minimum atomic E-state index is -0.499. The van der Waals surface area contributed by atoms with Crippen LogP contribution in [0, 0.1) is 5.92 Å². The number of ether oxygens (including phenoxy) is 2. The van der Waals surface area contributed by atoms with Crippen LogP contribution in [0.25, 0.3) is 0 Å². The summed E-state index contributed by atoms with van der Waals surface area (Å²) in [6.45, 7) is 5.92. The highest BCUT2D eigenvalue weighted by Gasteiger charge is 2.39. The van der Waals surface area contributed by atoms with Crippen molar-refractivity contribution in [2.24, 2.45) is 5.92 Å². The van der Waals surface area contributed by atoms with E-state index < -0.39 is 6.10 Å². The molecule has 1 heterocycles. The highest BCUT2D eigenvalue weighted by Crippen LogP contribution is 2.27. The van der Waals surface area contributed by atoms with Gasteiger partial charge >= 0.3 is 0 Å². The molecule has 72 valence electrons. The third kappa shape index (κ3) is 1.63. The molecule has 1 aliphatic heterocycles. The zero-order valence-corrected chi connectivity index (χ0v) is 8.15. The molecule has 0 aromatic rings. The van der Waals surface area contributed by atoms with Crippen LogP contribution in [0.15, 0.2) is 0 Å². The molecule has 1 rings (SSSR count). The molecule has 3 heteroatoms. The first-order valence-corrected chi connectivity index (χ1v) is 4.44. The molecule has 1 N–H and O–H groups in total. The largest absolute Gasteiger partial charge is 0.388 e. The fraction of sp³-hybridized carbons (Fsp3) is 1.00. The Hall–Kier alpha value is -0.120. The van der Waals surface area contributed by atoms with Crippen molar-refractivity contribution in [3.8, 4) is 0 Å². The van der Waals surface area contributed by atoms with Gasteiger partial charge in [-0.1, -0.05) is 6.92 Å². The van der Waals surface area contributed by atoms with E-state index in [1.807, 2.05) is 20.8 Å². The van der Waals surface area contributed by atoms with E-state index in [0.29, 0.717) is 0 Å². The van der Waals surface area contributed by atoms with Crippen LogP contribution in [0.2, 0.25) is 0 Å². The fourth-order valence-electron chi connectivity index (χ4n) is 1.74. The molecule has 5 atom stereocenters. The van der Waals surface area contributed by atoms with E-state index in [1.165, 1.54) is 0 Å². The number of methoxy groups -OCH3 is 1. The van der Waals surface area contributed by atoms with Gasteiger partial charge in [0, 0.05) is 13.0 Å². The Morgan fingerprint density at radius 2 is 1.75 bits per heavy atom. The highest BCUT2D eigenvalue weighted by molar-refractivity contribution is 4.87. The van der Waals surface area contributed by atoms with E-state index in [0.717, 1.165) is 0 Å². The van der Waals surface area contributed by atoms with Gasteiger partial charge in [0.15, 0.2) is 0 Å². The van der Waals surface area contributed by atoms with Crippen LogP contribution < -0.4 is 0 Å². The predicted molar refractivity (Wildman–Crippen MR) is 46.0 cm³/mol. The summed E-state index contributed by atoms with van der Waals surface area (Å²) >= 11 is 0. The minimum Gasteiger partial charge on any atom is -0.388 e. The SMILES string of the molecule is CO[C@@H]1[C@@H](O)[C@H](C)OC(C)[C@H]1C. The zero-order chi connectivity index (χ0) is 9.30. The van der Waals surface area contributed by atoms with E-state index >= 15 is 0 Å². The van der Waals surface area contributed by atoms with E-state index in [9.17, 15) is 5.11 Å². The molecule has 1 fully saturated rings. The molecule has 0 spiro atoms. The summed E-state index contributed by atoms with van der Waals surface area (Å²) in [7, 11) is 1.63. The van der Waals surface area contributed by atoms with Gasteiger partial charge < -0.3 is 14.6 Å². The Morgan fingerprint density at radius 1 is 1.17 bits per heavy atom. The van der Waals surface area contributed by atoms with Crippen LogP contribution in [-0.2, 0) is 9.47 Å². The molecule has 0 amide bonds. The molecular formula is C9H18O3. The summed E-state index contributed by atoms with van der Waals surface area (Å²) in [5.41, 5.74) is 0. The predicted octanol–water partition coefficient (Wildman–Crippen LogP) is 0.806. The molecule has 0 aliphatic carbocycles. The van der Waals surface area contributed by atoms with Gasteiger partial charge in [-0.15, -0.1) is 0 Å². The Labute approximate surface area is 73.7 Å². The van der Waals surface area contributed by atoms with E-state index in [4.69, 9.17) is 9.47 Å². The smallest absolute Gasteiger partial charge is 0.106 e. The number of aliphatic hydroxyl groups is 1. The minimum absolute atomic E-state index is 0.0938. The molecule has 3 nitrogen and oxygen atoms in total. The maximum absolute atomic E-state index is 9.68. The lowest BCUT2D eigenvalue weighted by Crippen LogP contribution is -2.52. The number of rotatable bonds is 1. The quantitative estimate of drug-likeness (QED) is 0.639. The van der Waals surface area contributed by atoms with Crippen molar-refractivity contribution in [2.75, 3.05) is 7.11 Å². The first-order valence-electron chi connectivity index (χ1n) is 4.44. The van der Waals surface area contributed by atoms with Gasteiger partial charge in [-0.05, 0) is 13.8 Å². The molecule has 0 aromatic heterocycles. The Kier molecular flexibility index (Phi) is 3.09. The van der Waals surface area contributed by atoms with Crippen molar-refractivity contribution in [1.82, 2.24) is 0 Å². The molecule has 0 saturated carbocycles. The molecule has 1 saturated heterocycles. The number of hydrogen-bond donors (Lipinski definition) is 1. The molecule has 0 bridgehead atoms. The fourth-order valence-corrected chi connectivity index (χ4v) is 1.74. The average Bonchev–Trinajstić information content (AvgIpc) is 2.02. The summed E-state index contributed by atoms with van der Waals surface area (Å²) in [6, 6.07) is 0. The second-order valence-corrected chi connectivity index (χ2v) is 3.60. The van der Waals surface area contributed by atoms with Crippen molar-refractivity contribution in [2.45, 2.75) is 45.2 Å². The van der Waals surface area contributed by atoms with E-state index in [-0.39, 0.29) is 24.2 Å². The topological polar surface area (TPSA) is 38.7 Å². The second-order valence-electron chi connectivity index (χ2n) is 3.60. The summed E-state index contributed by atoms with van der Waals surface area (Å²) in [6.07, 6.45) is -0.556. The summed E-state index contributed by atoms with van der Waals surface area (Å²) < 4.78 is 10.7. The van der Waals surface area contributed by atoms with Crippen LogP contribution in [-0.4, -0.2) is 36.6 Å². The summed E-state index contributed by atoms with van der Waals surface area (Å²) in [4.78, 5) is 0. The van der Waals surface area contributed by atoms with Gasteiger partial charge in [-0.25, -0.2) is 0 Å². The Balaban J connectivity index is 2.67. The van der Waals surface area contributed by atoms with Crippen LogP contribution in [0.1, 0.15) is 20.8 Å². The molecule has 0 radical (unpaired) electrons. The Morgan fingerprint density at radius 3 is 2.25 bits per heavy atom. The van der Waals surface area contributed by atoms with Crippen LogP contribution >= 0.6 is 0 Å². The summed E-state index contributed by atoms with van der Waals surface area (Å²) in [5, 5.41) is 9.68. The first kappa shape index (κ1) is 9.96. The normalized spacial score (nSPS) is 49.2. The standard InChI is InChI=1S/C9H18O3/c1-5-6(2)12-7(3)8(10)9(5)11-4/h5-10H,1-4H3/t5-,6?,7+,8+,9+/m1/s1. The average molecular weight is 174 g/mol. The van der Waals surface area contributed by atoms with Crippen LogP contribution in [0.5, 0.6) is 0 Å². The first-order chi connectivity index (χ1) is 5.57. The van der Waals surface area contributed by atoms with Gasteiger partial charge in [0.2, 0.25) is 0 Å². The lowest BCUT2D eigenvalue weighted by Gasteiger charge is -2.40. The molecule has 12 heavy (non-hydrogen) atoms. The highest BCUT2D eigenvalue weighted by atomic mass is 16.5. The zero-order valence-electron chi connectivity index (χ0n) is 8.15. The van der Waals surface area contributed by atoms with Crippen LogP contribution in [0.4, 0.5) is 0 Å². The van der Waals surface area contributed by atoms with Crippen molar-refractivity contribution in [1.29, 1.82) is 0 Å². The third-order valence-electron chi connectivity index (χ3n) is 2.78. The summed E-state index contributed by atoms with van der Waals surface area (Å²) in [5.74, 6) is 0.251. The maximum atomic E-state index is 9.68. The second kappa shape index (κ2) is 3.73. The van der Waals surface area contributed by atoms with Crippen molar-refractivity contribution < 1.29 is 14.6 Å². The van der Waals surface area contributed by atoms with Crippen molar-refractivity contribution >= 4 is 0 Å². The van der Waals surface area contributed by atoms with Gasteiger partial charge in [-0.2, -0.15) is 0 Å². The van der Waals surface area contributed by atoms with E-state index in [1.54, 1.807) is 7.11 Å². The maximum Gasteiger partial charge on any atom is 0.106 e. The van der Waals surface area contributed by atoms with Gasteiger partial charge in [-0.3, -0.25) is 0 Å². The van der Waals surface area contributed by atoms with Crippen molar-refractivity contribution in [3.63, 3.8) is 0 Å². The molecule has 1 unspecified atom stereocenters. The lowest BCUT2D eigenvalue weighted by molar-refractivity contribution is -0.193. The molecular weight excluding hydrogens is 156 g/mol. The van der Waals surface area contributed by atoms with Crippen LogP contribution in [0.3, 0.4) is 0 Å². The Bertz CT molecular complexity index is 135. The molecule has 1 aliphatic rings. The monoisotopic (exact) mass is 174 g/mol. The number of hydrogen-bond acceptors (Lipinski definition) is 3. The van der Waals surface area contributed by atoms with E-state index in [2.05, 4.69) is 0 Å². The lowest BCUT2D eigenvalue weighted by atomic mass is 9.89.